The fraction of sp³-hybridized carbons (Fsp3) is 0.0500. The van der Waals surface area contributed by atoms with Crippen LogP contribution in [0.1, 0.15) is 15.9 Å². The number of hydrogen-bond acceptors (Lipinski definition) is 5. The monoisotopic (exact) mass is 365 g/mol. The lowest BCUT2D eigenvalue weighted by Gasteiger charge is -2.09. The number of esters is 1. The lowest BCUT2D eigenvalue weighted by Crippen LogP contribution is -2.09. The number of carbonyl (C=O) groups excluding carboxylic acids is 1. The summed E-state index contributed by atoms with van der Waals surface area (Å²) in [5, 5.41) is 10.7. The van der Waals surface area contributed by atoms with Gasteiger partial charge < -0.3 is 4.74 Å². The van der Waals surface area contributed by atoms with Gasteiger partial charge in [0.25, 0.3) is 5.69 Å². The molecule has 130 valence electrons. The van der Waals surface area contributed by atoms with Gasteiger partial charge in [-0.25, -0.2) is 4.79 Å². The number of benzene rings is 3. The fourth-order valence-electron chi connectivity index (χ4n) is 2.29. The molecule has 0 heterocycles. The quantitative estimate of drug-likeness (QED) is 0.200. The molecule has 0 N–H and O–H groups in total. The average Bonchev–Trinajstić information content (AvgIpc) is 2.68. The summed E-state index contributed by atoms with van der Waals surface area (Å²) >= 11 is 1.56. The van der Waals surface area contributed by atoms with E-state index in [0.29, 0.717) is 5.56 Å². The summed E-state index contributed by atoms with van der Waals surface area (Å²) < 4.78 is 5.35. The van der Waals surface area contributed by atoms with E-state index >= 15 is 0 Å². The normalized spacial score (nSPS) is 10.3. The largest absolute Gasteiger partial charge is 0.423 e. The van der Waals surface area contributed by atoms with Crippen LogP contribution in [0.2, 0.25) is 0 Å². The van der Waals surface area contributed by atoms with Gasteiger partial charge in [-0.05, 0) is 29.8 Å². The Morgan fingerprint density at radius 1 is 0.923 bits per heavy atom. The Morgan fingerprint density at radius 3 is 2.27 bits per heavy atom. The molecule has 26 heavy (non-hydrogen) atoms. The molecule has 0 fully saturated rings. The van der Waals surface area contributed by atoms with Gasteiger partial charge in [0, 0.05) is 22.8 Å². The molecule has 0 aliphatic carbocycles. The predicted molar refractivity (Wildman–Crippen MR) is 100 cm³/mol. The van der Waals surface area contributed by atoms with E-state index in [0.717, 1.165) is 16.2 Å². The van der Waals surface area contributed by atoms with Crippen molar-refractivity contribution in [2.75, 3.05) is 0 Å². The maximum atomic E-state index is 12.5. The Hall–Kier alpha value is -3.12. The summed E-state index contributed by atoms with van der Waals surface area (Å²) in [6.45, 7) is 0. The third-order valence-corrected chi connectivity index (χ3v) is 4.75. The van der Waals surface area contributed by atoms with Gasteiger partial charge >= 0.3 is 5.97 Å². The zero-order valence-electron chi connectivity index (χ0n) is 13.7. The number of nitro benzene ring substituents is 1. The van der Waals surface area contributed by atoms with Crippen LogP contribution in [0.25, 0.3) is 0 Å². The Kier molecular flexibility index (Phi) is 5.66. The van der Waals surface area contributed by atoms with E-state index in [4.69, 9.17) is 4.74 Å². The van der Waals surface area contributed by atoms with Crippen molar-refractivity contribution in [3.63, 3.8) is 0 Å². The first-order chi connectivity index (χ1) is 12.6. The number of carbonyl (C=O) groups is 1. The standard InChI is InChI=1S/C20H15NO4S/c22-20(25-17-12-10-16(11-13-17)21(23)24)18-8-4-5-9-19(18)26-14-15-6-2-1-3-7-15/h1-13H,14H2. The summed E-state index contributed by atoms with van der Waals surface area (Å²) in [5.41, 5.74) is 1.58. The first-order valence-electron chi connectivity index (χ1n) is 7.86. The van der Waals surface area contributed by atoms with Crippen molar-refractivity contribution in [1.82, 2.24) is 0 Å². The molecule has 3 rings (SSSR count). The van der Waals surface area contributed by atoms with Crippen LogP contribution in [0.4, 0.5) is 5.69 Å². The summed E-state index contributed by atoms with van der Waals surface area (Å²) in [4.78, 5) is 23.5. The number of thioether (sulfide) groups is 1. The SMILES string of the molecule is O=C(Oc1ccc([N+](=O)[O-])cc1)c1ccccc1SCc1ccccc1. The average molecular weight is 365 g/mol. The molecule has 5 nitrogen and oxygen atoms in total. The molecular weight excluding hydrogens is 350 g/mol. The molecule has 6 heteroatoms. The minimum Gasteiger partial charge on any atom is -0.423 e. The highest BCUT2D eigenvalue weighted by Crippen LogP contribution is 2.27. The second kappa shape index (κ2) is 8.31. The topological polar surface area (TPSA) is 69.4 Å². The maximum Gasteiger partial charge on any atom is 0.344 e. The van der Waals surface area contributed by atoms with Crippen LogP contribution in [-0.2, 0) is 5.75 Å². The molecule has 0 aliphatic heterocycles. The second-order valence-corrected chi connectivity index (χ2v) is 6.43. The Labute approximate surface area is 154 Å². The van der Waals surface area contributed by atoms with Gasteiger partial charge in [-0.3, -0.25) is 10.1 Å². The van der Waals surface area contributed by atoms with E-state index in [1.165, 1.54) is 24.3 Å². The van der Waals surface area contributed by atoms with Crippen LogP contribution in [0.15, 0.2) is 83.8 Å². The van der Waals surface area contributed by atoms with Crippen molar-refractivity contribution in [2.45, 2.75) is 10.6 Å². The van der Waals surface area contributed by atoms with Crippen LogP contribution in [0.3, 0.4) is 0 Å². The third kappa shape index (κ3) is 4.49. The van der Waals surface area contributed by atoms with Crippen molar-refractivity contribution >= 4 is 23.4 Å². The highest BCUT2D eigenvalue weighted by molar-refractivity contribution is 7.98. The van der Waals surface area contributed by atoms with Crippen LogP contribution in [0.5, 0.6) is 5.75 Å². The molecule has 0 amide bonds. The fourth-order valence-corrected chi connectivity index (χ4v) is 3.29. The van der Waals surface area contributed by atoms with Gasteiger partial charge in [0.1, 0.15) is 5.75 Å². The van der Waals surface area contributed by atoms with E-state index in [1.54, 1.807) is 23.9 Å². The van der Waals surface area contributed by atoms with Crippen LogP contribution >= 0.6 is 11.8 Å². The predicted octanol–water partition coefficient (Wildman–Crippen LogP) is 5.11. The van der Waals surface area contributed by atoms with E-state index in [9.17, 15) is 14.9 Å². The first kappa shape index (κ1) is 17.7. The molecule has 0 bridgehead atoms. The Bertz CT molecular complexity index is 911. The van der Waals surface area contributed by atoms with Gasteiger partial charge in [0.2, 0.25) is 0 Å². The minimum absolute atomic E-state index is 0.0522. The maximum absolute atomic E-state index is 12.5. The number of non-ortho nitro benzene ring substituents is 1. The molecule has 3 aromatic carbocycles. The van der Waals surface area contributed by atoms with Crippen molar-refractivity contribution in [3.8, 4) is 5.75 Å². The highest BCUT2D eigenvalue weighted by Gasteiger charge is 2.14. The lowest BCUT2D eigenvalue weighted by molar-refractivity contribution is -0.384. The molecule has 0 radical (unpaired) electrons. The molecular formula is C20H15NO4S. The van der Waals surface area contributed by atoms with Gasteiger partial charge in [-0.15, -0.1) is 11.8 Å². The molecule has 0 aliphatic rings. The Morgan fingerprint density at radius 2 is 1.58 bits per heavy atom. The number of hydrogen-bond donors (Lipinski definition) is 0. The van der Waals surface area contributed by atoms with Crippen LogP contribution < -0.4 is 4.74 Å². The molecule has 0 unspecified atom stereocenters. The van der Waals surface area contributed by atoms with Crippen molar-refractivity contribution < 1.29 is 14.5 Å². The zero-order chi connectivity index (χ0) is 18.4. The number of nitro groups is 1. The van der Waals surface area contributed by atoms with Crippen molar-refractivity contribution in [1.29, 1.82) is 0 Å². The summed E-state index contributed by atoms with van der Waals surface area (Å²) in [6.07, 6.45) is 0. The molecule has 0 saturated heterocycles. The highest BCUT2D eigenvalue weighted by atomic mass is 32.2. The molecule has 0 aromatic heterocycles. The molecule has 3 aromatic rings. The van der Waals surface area contributed by atoms with Gasteiger partial charge in [0.15, 0.2) is 0 Å². The second-order valence-electron chi connectivity index (χ2n) is 5.41. The number of rotatable bonds is 6. The van der Waals surface area contributed by atoms with Crippen LogP contribution in [-0.4, -0.2) is 10.9 Å². The summed E-state index contributed by atoms with van der Waals surface area (Å²) in [6, 6.07) is 22.6. The van der Waals surface area contributed by atoms with E-state index in [2.05, 4.69) is 0 Å². The first-order valence-corrected chi connectivity index (χ1v) is 8.84. The number of ether oxygens (including phenoxy) is 1. The van der Waals surface area contributed by atoms with Crippen molar-refractivity contribution in [3.05, 3.63) is 100 Å². The van der Waals surface area contributed by atoms with Crippen molar-refractivity contribution in [2.24, 2.45) is 0 Å². The molecule has 0 spiro atoms. The molecule has 0 atom stereocenters. The van der Waals surface area contributed by atoms with E-state index < -0.39 is 10.9 Å². The Balaban J connectivity index is 1.72. The summed E-state index contributed by atoms with van der Waals surface area (Å²) in [7, 11) is 0. The van der Waals surface area contributed by atoms with Gasteiger partial charge in [-0.2, -0.15) is 0 Å². The molecule has 0 saturated carbocycles. The zero-order valence-corrected chi connectivity index (χ0v) is 14.5. The summed E-state index contributed by atoms with van der Waals surface area (Å²) in [5.74, 6) is 0.515. The lowest BCUT2D eigenvalue weighted by atomic mass is 10.2. The van der Waals surface area contributed by atoms with Gasteiger partial charge in [-0.1, -0.05) is 42.5 Å². The van der Waals surface area contributed by atoms with E-state index in [1.807, 2.05) is 42.5 Å². The third-order valence-electron chi connectivity index (χ3n) is 3.60. The number of nitrogens with zero attached hydrogens (tertiary/aromatic N) is 1. The van der Waals surface area contributed by atoms with E-state index in [-0.39, 0.29) is 11.4 Å². The van der Waals surface area contributed by atoms with Gasteiger partial charge in [0.05, 0.1) is 10.5 Å². The van der Waals surface area contributed by atoms with Crippen LogP contribution in [0, 0.1) is 10.1 Å². The smallest absolute Gasteiger partial charge is 0.344 e. The minimum atomic E-state index is -0.499.